The van der Waals surface area contributed by atoms with Gasteiger partial charge in [-0.3, -0.25) is 14.4 Å². The second-order valence-corrected chi connectivity index (χ2v) is 5.99. The molecule has 2 aliphatic rings. The van der Waals surface area contributed by atoms with Crippen LogP contribution < -0.4 is 0 Å². The van der Waals surface area contributed by atoms with Crippen LogP contribution in [-0.2, 0) is 14.4 Å². The van der Waals surface area contributed by atoms with Gasteiger partial charge in [0.2, 0.25) is 0 Å². The summed E-state index contributed by atoms with van der Waals surface area (Å²) in [7, 11) is 0. The van der Waals surface area contributed by atoms with Crippen LogP contribution in [0, 0.1) is 10.8 Å². The zero-order chi connectivity index (χ0) is 13.7. The molecule has 0 bridgehead atoms. The predicted octanol–water partition coefficient (Wildman–Crippen LogP) is 2.41. The molecular formula is C15H18O3. The van der Waals surface area contributed by atoms with Crippen LogP contribution in [0.1, 0.15) is 40.5 Å². The average molecular weight is 246 g/mol. The maximum absolute atomic E-state index is 12.1. The number of hydrogen-bond acceptors (Lipinski definition) is 3. The van der Waals surface area contributed by atoms with Crippen LogP contribution in [0.2, 0.25) is 0 Å². The SMILES string of the molecule is CC1=CC(=O)C(C2(C)CCC(=O)C2(C)C)=CC1=O. The van der Waals surface area contributed by atoms with Crippen molar-refractivity contribution in [3.05, 3.63) is 23.3 Å². The molecule has 1 saturated carbocycles. The van der Waals surface area contributed by atoms with Crippen LogP contribution in [0.15, 0.2) is 23.3 Å². The highest BCUT2D eigenvalue weighted by Gasteiger charge is 2.54. The van der Waals surface area contributed by atoms with Gasteiger partial charge in [0.05, 0.1) is 0 Å². The van der Waals surface area contributed by atoms with E-state index in [4.69, 9.17) is 0 Å². The van der Waals surface area contributed by atoms with Crippen LogP contribution >= 0.6 is 0 Å². The first-order chi connectivity index (χ1) is 8.20. The fourth-order valence-corrected chi connectivity index (χ4v) is 2.86. The fraction of sp³-hybridized carbons (Fsp3) is 0.533. The average Bonchev–Trinajstić information content (AvgIpc) is 2.48. The van der Waals surface area contributed by atoms with Crippen LogP contribution in [-0.4, -0.2) is 17.3 Å². The molecule has 3 heteroatoms. The summed E-state index contributed by atoms with van der Waals surface area (Å²) in [5.74, 6) is -0.0872. The minimum absolute atomic E-state index is 0.124. The molecule has 0 aromatic carbocycles. The summed E-state index contributed by atoms with van der Waals surface area (Å²) in [6.45, 7) is 7.29. The lowest BCUT2D eigenvalue weighted by Gasteiger charge is -2.39. The van der Waals surface area contributed by atoms with Crippen molar-refractivity contribution in [2.24, 2.45) is 10.8 Å². The molecule has 1 atom stereocenters. The Labute approximate surface area is 107 Å². The summed E-state index contributed by atoms with van der Waals surface area (Å²) in [5.41, 5.74) is -0.162. The number of hydrogen-bond donors (Lipinski definition) is 0. The van der Waals surface area contributed by atoms with Gasteiger partial charge in [0.25, 0.3) is 0 Å². The fourth-order valence-electron chi connectivity index (χ4n) is 2.86. The summed E-state index contributed by atoms with van der Waals surface area (Å²) in [6, 6.07) is 0. The van der Waals surface area contributed by atoms with Crippen molar-refractivity contribution in [1.29, 1.82) is 0 Å². The molecule has 2 aliphatic carbocycles. The number of carbonyl (C=O) groups excluding carboxylic acids is 3. The van der Waals surface area contributed by atoms with Gasteiger partial charge in [-0.25, -0.2) is 0 Å². The van der Waals surface area contributed by atoms with Crippen molar-refractivity contribution in [3.8, 4) is 0 Å². The Kier molecular flexibility index (Phi) is 2.69. The minimum Gasteiger partial charge on any atom is -0.299 e. The van der Waals surface area contributed by atoms with Gasteiger partial charge in [-0.05, 0) is 25.5 Å². The van der Waals surface area contributed by atoms with E-state index in [2.05, 4.69) is 0 Å². The van der Waals surface area contributed by atoms with Crippen molar-refractivity contribution < 1.29 is 14.4 Å². The topological polar surface area (TPSA) is 51.2 Å². The molecule has 0 N–H and O–H groups in total. The molecule has 0 aromatic rings. The van der Waals surface area contributed by atoms with Crippen LogP contribution in [0.5, 0.6) is 0 Å². The quantitative estimate of drug-likeness (QED) is 0.667. The molecule has 1 fully saturated rings. The normalized spacial score (nSPS) is 31.4. The Morgan fingerprint density at radius 2 is 1.61 bits per heavy atom. The summed E-state index contributed by atoms with van der Waals surface area (Å²) in [4.78, 5) is 35.9. The van der Waals surface area contributed by atoms with Gasteiger partial charge in [0, 0.05) is 28.4 Å². The molecule has 2 rings (SSSR count). The molecule has 18 heavy (non-hydrogen) atoms. The van der Waals surface area contributed by atoms with Crippen molar-refractivity contribution in [2.75, 3.05) is 0 Å². The Bertz CT molecular complexity index is 520. The predicted molar refractivity (Wildman–Crippen MR) is 68.0 cm³/mol. The molecule has 0 amide bonds. The second-order valence-electron chi connectivity index (χ2n) is 5.99. The number of ketones is 3. The molecule has 96 valence electrons. The zero-order valence-corrected chi connectivity index (χ0v) is 11.3. The molecule has 0 aliphatic heterocycles. The maximum Gasteiger partial charge on any atom is 0.182 e. The first-order valence-electron chi connectivity index (χ1n) is 6.22. The van der Waals surface area contributed by atoms with Gasteiger partial charge in [-0.1, -0.05) is 20.8 Å². The lowest BCUT2D eigenvalue weighted by molar-refractivity contribution is -0.127. The van der Waals surface area contributed by atoms with E-state index in [0.717, 1.165) is 0 Å². The molecule has 1 unspecified atom stereocenters. The van der Waals surface area contributed by atoms with E-state index in [1.54, 1.807) is 6.92 Å². The van der Waals surface area contributed by atoms with E-state index in [-0.39, 0.29) is 17.3 Å². The second kappa shape index (κ2) is 3.74. The third-order valence-corrected chi connectivity index (χ3v) is 4.80. The first-order valence-corrected chi connectivity index (χ1v) is 6.22. The molecule has 0 heterocycles. The first kappa shape index (κ1) is 12.9. The van der Waals surface area contributed by atoms with E-state index in [0.29, 0.717) is 24.0 Å². The van der Waals surface area contributed by atoms with Gasteiger partial charge in [0.1, 0.15) is 5.78 Å². The third kappa shape index (κ3) is 1.53. The summed E-state index contributed by atoms with van der Waals surface area (Å²) in [5, 5.41) is 0. The Morgan fingerprint density at radius 3 is 2.11 bits per heavy atom. The van der Waals surface area contributed by atoms with Crippen LogP contribution in [0.4, 0.5) is 0 Å². The smallest absolute Gasteiger partial charge is 0.182 e. The Hall–Kier alpha value is -1.51. The highest BCUT2D eigenvalue weighted by molar-refractivity contribution is 6.20. The highest BCUT2D eigenvalue weighted by atomic mass is 16.1. The van der Waals surface area contributed by atoms with Gasteiger partial charge >= 0.3 is 0 Å². The molecule has 0 spiro atoms. The minimum atomic E-state index is -0.589. The van der Waals surface area contributed by atoms with E-state index in [1.807, 2.05) is 20.8 Å². The van der Waals surface area contributed by atoms with Gasteiger partial charge in [-0.2, -0.15) is 0 Å². The molecule has 3 nitrogen and oxygen atoms in total. The highest BCUT2D eigenvalue weighted by Crippen LogP contribution is 2.55. The third-order valence-electron chi connectivity index (χ3n) is 4.80. The monoisotopic (exact) mass is 246 g/mol. The summed E-state index contributed by atoms with van der Waals surface area (Å²) >= 11 is 0. The standard InChI is InChI=1S/C15H18O3/c1-9-7-12(17)10(8-11(9)16)15(4)6-5-13(18)14(15,2)3/h7-8H,5-6H2,1-4H3. The molecule has 0 aromatic heterocycles. The molecule has 0 radical (unpaired) electrons. The Balaban J connectivity index is 2.51. The van der Waals surface area contributed by atoms with E-state index in [9.17, 15) is 14.4 Å². The lowest BCUT2D eigenvalue weighted by Crippen LogP contribution is -2.39. The largest absolute Gasteiger partial charge is 0.299 e. The van der Waals surface area contributed by atoms with Crippen LogP contribution in [0.3, 0.4) is 0 Å². The molecular weight excluding hydrogens is 228 g/mol. The van der Waals surface area contributed by atoms with Crippen molar-refractivity contribution >= 4 is 17.3 Å². The van der Waals surface area contributed by atoms with E-state index >= 15 is 0 Å². The zero-order valence-electron chi connectivity index (χ0n) is 11.3. The summed E-state index contributed by atoms with van der Waals surface area (Å²) in [6.07, 6.45) is 3.93. The molecule has 0 saturated heterocycles. The van der Waals surface area contributed by atoms with Crippen molar-refractivity contribution in [2.45, 2.75) is 40.5 Å². The number of Topliss-reactive ketones (excluding diaryl/α,β-unsaturated/α-hetero) is 1. The van der Waals surface area contributed by atoms with E-state index in [1.165, 1.54) is 12.2 Å². The van der Waals surface area contributed by atoms with Gasteiger partial charge in [-0.15, -0.1) is 0 Å². The Morgan fingerprint density at radius 1 is 1.00 bits per heavy atom. The van der Waals surface area contributed by atoms with Gasteiger partial charge in [0.15, 0.2) is 11.6 Å². The number of carbonyl (C=O) groups is 3. The lowest BCUT2D eigenvalue weighted by atomic mass is 9.62. The van der Waals surface area contributed by atoms with Gasteiger partial charge < -0.3 is 0 Å². The maximum atomic E-state index is 12.1. The number of allylic oxidation sites excluding steroid dienone is 4. The summed E-state index contributed by atoms with van der Waals surface area (Å²) < 4.78 is 0. The van der Waals surface area contributed by atoms with Crippen molar-refractivity contribution in [3.63, 3.8) is 0 Å². The van der Waals surface area contributed by atoms with Crippen LogP contribution in [0.25, 0.3) is 0 Å². The number of rotatable bonds is 1. The van der Waals surface area contributed by atoms with E-state index < -0.39 is 10.8 Å². The van der Waals surface area contributed by atoms with Crippen molar-refractivity contribution in [1.82, 2.24) is 0 Å².